The van der Waals surface area contributed by atoms with Gasteiger partial charge in [-0.05, 0) is 71.0 Å². The first-order valence-corrected chi connectivity index (χ1v) is 18.8. The molecule has 0 aliphatic heterocycles. The summed E-state index contributed by atoms with van der Waals surface area (Å²) in [7, 11) is 0. The normalized spacial score (nSPS) is 11.4. The fourth-order valence-corrected chi connectivity index (χ4v) is 5.35. The van der Waals surface area contributed by atoms with Gasteiger partial charge in [0, 0.05) is 16.7 Å². The molecule has 0 aliphatic carbocycles. The number of halogens is 11. The minimum atomic E-state index is -4.35. The predicted octanol–water partition coefficient (Wildman–Crippen LogP) is 9.39. The molecule has 0 atom stereocenters. The lowest BCUT2D eigenvalue weighted by Crippen LogP contribution is -2.22. The van der Waals surface area contributed by atoms with Gasteiger partial charge < -0.3 is 16.4 Å². The summed E-state index contributed by atoms with van der Waals surface area (Å²) in [5.41, 5.74) is 8.59. The molecule has 62 heavy (non-hydrogen) atoms. The van der Waals surface area contributed by atoms with E-state index in [1.54, 1.807) is 75.4 Å². The van der Waals surface area contributed by atoms with Crippen molar-refractivity contribution in [1.82, 2.24) is 29.9 Å². The van der Waals surface area contributed by atoms with Gasteiger partial charge in [0.25, 0.3) is 0 Å². The van der Waals surface area contributed by atoms with Gasteiger partial charge in [-0.1, -0.05) is 34.1 Å². The Hall–Kier alpha value is -5.97. The number of fused-ring (bicyclic) bond motifs is 3. The Labute approximate surface area is 354 Å². The van der Waals surface area contributed by atoms with Crippen LogP contribution in [0.4, 0.5) is 55.5 Å². The molecule has 3 aromatic carbocycles. The Morgan fingerprint density at radius 3 is 1.24 bits per heavy atom. The van der Waals surface area contributed by atoms with Crippen LogP contribution < -0.4 is 16.4 Å². The number of aryl methyl sites for hydroxylation is 3. The summed E-state index contributed by atoms with van der Waals surface area (Å²) in [4.78, 5) is 59.0. The molecule has 332 valence electrons. The fourth-order valence-electron chi connectivity index (χ4n) is 5.04. The van der Waals surface area contributed by atoms with Crippen molar-refractivity contribution in [3.05, 3.63) is 94.3 Å². The summed E-state index contributed by atoms with van der Waals surface area (Å²) in [6.45, 7) is 3.83. The molecule has 3 aromatic heterocycles. The molecule has 0 amide bonds. The van der Waals surface area contributed by atoms with E-state index in [1.807, 2.05) is 0 Å². The number of para-hydroxylation sites is 3. The van der Waals surface area contributed by atoms with Crippen LogP contribution in [0.25, 0.3) is 33.1 Å². The number of rotatable bonds is 8. The monoisotopic (exact) mass is 947 g/mol. The van der Waals surface area contributed by atoms with Crippen LogP contribution in [0.5, 0.6) is 0 Å². The molecule has 6 rings (SSSR count). The third kappa shape index (κ3) is 14.9. The average Bonchev–Trinajstić information content (AvgIpc) is 3.18. The van der Waals surface area contributed by atoms with E-state index >= 15 is 0 Å². The molecular weight excluding hydrogens is 912 g/mol. The number of ketones is 3. The van der Waals surface area contributed by atoms with Crippen LogP contribution in [0.15, 0.2) is 54.6 Å². The number of benzene rings is 3. The molecule has 0 saturated heterocycles. The molecule has 0 radical (unpaired) electrons. The van der Waals surface area contributed by atoms with E-state index in [4.69, 9.17) is 0 Å². The van der Waals surface area contributed by atoms with Gasteiger partial charge >= 0.3 is 18.5 Å². The van der Waals surface area contributed by atoms with Gasteiger partial charge in [0.2, 0.25) is 5.95 Å². The Kier molecular flexibility index (Phi) is 17.2. The van der Waals surface area contributed by atoms with Crippen molar-refractivity contribution in [3.8, 4) is 0 Å². The standard InChI is InChI=1S/C13H11BrF3N3O.C13H12F3N3O.C11H9FN2O.C2H4F3N/c1-7-12(18-6-13(15,16)17)20-11-8(10(21)5-14)3-2-4-9(11)19-7;1-7-12(17-6-13(14,15)16)19-11-9(8(2)20)4-3-5-10(11)18-7;1-6-11(12)14-10-8(7(2)15)4-3-5-9(10)13-6;3-2(4,5)1-6/h2-4H,5-6H2,1H3,(H,18,20);3-5H,6H2,1-2H3,(H,17,19);3-5H,1-2H3;1,6H2. The molecule has 0 bridgehead atoms. The third-order valence-electron chi connectivity index (χ3n) is 7.87. The number of carbonyl (C=O) groups excluding carboxylic acids is 3. The Bertz CT molecular complexity index is 2570. The van der Waals surface area contributed by atoms with Crippen LogP contribution in [0.1, 0.15) is 62.0 Å². The number of nitrogens with two attached hydrogens (primary N) is 1. The summed E-state index contributed by atoms with van der Waals surface area (Å²) in [6.07, 6.45) is -12.9. The number of hydrogen-bond donors (Lipinski definition) is 3. The second kappa shape index (κ2) is 21.2. The van der Waals surface area contributed by atoms with E-state index < -0.39 is 44.1 Å². The van der Waals surface area contributed by atoms with Gasteiger partial charge in [0.05, 0.1) is 45.5 Å². The highest BCUT2D eigenvalue weighted by molar-refractivity contribution is 9.09. The summed E-state index contributed by atoms with van der Waals surface area (Å²) < 4.78 is 119. The van der Waals surface area contributed by atoms with E-state index in [0.717, 1.165) is 0 Å². The molecular formula is C39H36BrF10N9O3. The summed E-state index contributed by atoms with van der Waals surface area (Å²) in [5, 5.41) is 4.51. The summed E-state index contributed by atoms with van der Waals surface area (Å²) in [6, 6.07) is 14.8. The topological polar surface area (TPSA) is 179 Å². The molecule has 0 unspecified atom stereocenters. The van der Waals surface area contributed by atoms with E-state index in [-0.39, 0.29) is 45.5 Å². The van der Waals surface area contributed by atoms with E-state index in [1.165, 1.54) is 13.8 Å². The van der Waals surface area contributed by atoms with Crippen LogP contribution in [0.3, 0.4) is 0 Å². The minimum Gasteiger partial charge on any atom is -0.360 e. The molecule has 0 fully saturated rings. The Balaban J connectivity index is 0.000000235. The number of Topliss-reactive ketones (excluding diaryl/α,β-unsaturated/α-hetero) is 3. The van der Waals surface area contributed by atoms with Crippen molar-refractivity contribution in [2.75, 3.05) is 35.6 Å². The van der Waals surface area contributed by atoms with E-state index in [9.17, 15) is 58.3 Å². The van der Waals surface area contributed by atoms with Crippen LogP contribution in [0.2, 0.25) is 0 Å². The zero-order valence-corrected chi connectivity index (χ0v) is 34.8. The van der Waals surface area contributed by atoms with Crippen molar-refractivity contribution in [2.45, 2.75) is 53.1 Å². The van der Waals surface area contributed by atoms with Crippen LogP contribution in [0, 0.1) is 26.7 Å². The lowest BCUT2D eigenvalue weighted by Gasteiger charge is -2.12. The largest absolute Gasteiger partial charge is 0.405 e. The van der Waals surface area contributed by atoms with Gasteiger partial charge in [-0.25, -0.2) is 29.9 Å². The van der Waals surface area contributed by atoms with Crippen LogP contribution >= 0.6 is 15.9 Å². The lowest BCUT2D eigenvalue weighted by atomic mass is 10.1. The summed E-state index contributed by atoms with van der Waals surface area (Å²) in [5.74, 6) is -1.14. The van der Waals surface area contributed by atoms with Gasteiger partial charge in [0.1, 0.15) is 41.3 Å². The zero-order valence-electron chi connectivity index (χ0n) is 33.2. The van der Waals surface area contributed by atoms with E-state index in [2.05, 4.69) is 62.2 Å². The average molecular weight is 949 g/mol. The fraction of sp³-hybridized carbons (Fsp3) is 0.308. The van der Waals surface area contributed by atoms with Crippen molar-refractivity contribution < 1.29 is 58.3 Å². The van der Waals surface area contributed by atoms with Gasteiger partial charge in [-0.3, -0.25) is 14.4 Å². The predicted molar refractivity (Wildman–Crippen MR) is 215 cm³/mol. The molecule has 6 aromatic rings. The Morgan fingerprint density at radius 2 is 0.903 bits per heavy atom. The van der Waals surface area contributed by atoms with Crippen LogP contribution in [-0.2, 0) is 0 Å². The minimum absolute atomic E-state index is 0.0228. The highest BCUT2D eigenvalue weighted by Gasteiger charge is 2.28. The number of nitrogens with zero attached hydrogens (tertiary/aromatic N) is 6. The molecule has 0 saturated carbocycles. The van der Waals surface area contributed by atoms with Gasteiger partial charge in [-0.2, -0.15) is 43.9 Å². The SMILES string of the molecule is CC(=O)c1cccc2nc(C)c(F)nc12.CC(=O)c1cccc2nc(C)c(NCC(F)(F)F)nc12.Cc1nc2cccc(C(=O)CBr)c2nc1NCC(F)(F)F.NCC(F)(F)F. The van der Waals surface area contributed by atoms with Gasteiger partial charge in [0.15, 0.2) is 17.3 Å². The molecule has 23 heteroatoms. The first-order chi connectivity index (χ1) is 28.7. The molecule has 4 N–H and O–H groups in total. The van der Waals surface area contributed by atoms with E-state index in [0.29, 0.717) is 55.7 Å². The number of anilines is 2. The van der Waals surface area contributed by atoms with Gasteiger partial charge in [-0.15, -0.1) is 0 Å². The van der Waals surface area contributed by atoms with Crippen molar-refractivity contribution in [2.24, 2.45) is 5.73 Å². The maximum atomic E-state index is 13.2. The molecule has 12 nitrogen and oxygen atoms in total. The number of nitrogens with one attached hydrogen (secondary N) is 2. The third-order valence-corrected chi connectivity index (χ3v) is 8.38. The number of carbonyl (C=O) groups is 3. The van der Waals surface area contributed by atoms with Crippen LogP contribution in [-0.4, -0.2) is 90.7 Å². The lowest BCUT2D eigenvalue weighted by molar-refractivity contribution is -0.119. The quantitative estimate of drug-likeness (QED) is 0.0749. The second-order valence-corrected chi connectivity index (χ2v) is 13.4. The number of hydrogen-bond acceptors (Lipinski definition) is 12. The van der Waals surface area contributed by atoms with Crippen molar-refractivity contribution in [3.63, 3.8) is 0 Å². The van der Waals surface area contributed by atoms with Crippen molar-refractivity contribution in [1.29, 1.82) is 0 Å². The maximum absolute atomic E-state index is 13.2. The molecule has 0 aliphatic rings. The number of alkyl halides is 10. The summed E-state index contributed by atoms with van der Waals surface area (Å²) >= 11 is 3.06. The maximum Gasteiger partial charge on any atom is 0.405 e. The highest BCUT2D eigenvalue weighted by atomic mass is 79.9. The molecule has 0 spiro atoms. The zero-order chi connectivity index (χ0) is 46.7. The van der Waals surface area contributed by atoms with Crippen molar-refractivity contribution >= 4 is 78.0 Å². The molecule has 3 heterocycles. The second-order valence-electron chi connectivity index (χ2n) is 12.9. The highest BCUT2D eigenvalue weighted by Crippen LogP contribution is 2.24. The smallest absolute Gasteiger partial charge is 0.360 e. The first kappa shape index (κ1) is 50.4. The first-order valence-electron chi connectivity index (χ1n) is 17.7. The Morgan fingerprint density at radius 1 is 0.565 bits per heavy atom. The number of aromatic nitrogens is 6.